The van der Waals surface area contributed by atoms with E-state index < -0.39 is 0 Å². The molecule has 2 aromatic rings. The molecule has 1 fully saturated rings. The van der Waals surface area contributed by atoms with E-state index in [1.165, 1.54) is 0 Å². The zero-order valence-corrected chi connectivity index (χ0v) is 13.9. The van der Waals surface area contributed by atoms with E-state index in [1.807, 2.05) is 29.2 Å². The first-order valence-corrected chi connectivity index (χ1v) is 8.29. The van der Waals surface area contributed by atoms with Gasteiger partial charge in [0.15, 0.2) is 0 Å². The number of nitrogens with one attached hydrogen (secondary N) is 1. The Morgan fingerprint density at radius 1 is 1.08 bits per heavy atom. The fraction of sp³-hybridized carbons (Fsp3) is 0.250. The van der Waals surface area contributed by atoms with E-state index in [0.29, 0.717) is 30.6 Å². The van der Waals surface area contributed by atoms with Crippen molar-refractivity contribution in [1.82, 2.24) is 10.2 Å². The van der Waals surface area contributed by atoms with Gasteiger partial charge in [-0.15, -0.1) is 0 Å². The molecule has 0 aromatic heterocycles. The quantitative estimate of drug-likeness (QED) is 0.914. The molecular formula is C20H19N3O2. The van der Waals surface area contributed by atoms with Crippen molar-refractivity contribution in [2.24, 2.45) is 0 Å². The molecule has 0 spiro atoms. The number of carbonyl (C=O) groups excluding carboxylic acids is 2. The summed E-state index contributed by atoms with van der Waals surface area (Å²) in [5.74, 6) is 0.0531. The minimum absolute atomic E-state index is 0.145. The van der Waals surface area contributed by atoms with Gasteiger partial charge in [-0.1, -0.05) is 24.3 Å². The van der Waals surface area contributed by atoms with Gasteiger partial charge in [0.05, 0.1) is 11.6 Å². The first-order valence-electron chi connectivity index (χ1n) is 8.29. The fourth-order valence-corrected chi connectivity index (χ4v) is 2.83. The van der Waals surface area contributed by atoms with E-state index in [1.54, 1.807) is 24.3 Å². The highest BCUT2D eigenvalue weighted by atomic mass is 16.2. The van der Waals surface area contributed by atoms with Crippen molar-refractivity contribution in [2.45, 2.75) is 25.9 Å². The molecule has 1 N–H and O–H groups in total. The van der Waals surface area contributed by atoms with Crippen LogP contribution < -0.4 is 5.32 Å². The number of hydrogen-bond acceptors (Lipinski definition) is 3. The molecule has 5 heteroatoms. The zero-order valence-electron chi connectivity index (χ0n) is 13.9. The molecule has 0 bridgehead atoms. The lowest BCUT2D eigenvalue weighted by molar-refractivity contribution is -0.128. The molecule has 0 aliphatic carbocycles. The number of hydrogen-bond donors (Lipinski definition) is 1. The Balaban J connectivity index is 1.55. The second kappa shape index (κ2) is 7.63. The number of likely N-dealkylation sites (tertiary alicyclic amines) is 1. The Labute approximate surface area is 146 Å². The van der Waals surface area contributed by atoms with Crippen molar-refractivity contribution in [3.63, 3.8) is 0 Å². The van der Waals surface area contributed by atoms with Gasteiger partial charge in [-0.2, -0.15) is 5.26 Å². The van der Waals surface area contributed by atoms with Crippen LogP contribution in [0.25, 0.3) is 0 Å². The number of rotatable bonds is 5. The van der Waals surface area contributed by atoms with Crippen molar-refractivity contribution in [3.05, 3.63) is 70.8 Å². The van der Waals surface area contributed by atoms with Crippen LogP contribution in [0, 0.1) is 11.3 Å². The smallest absolute Gasteiger partial charge is 0.251 e. The lowest BCUT2D eigenvalue weighted by atomic mass is 10.1. The topological polar surface area (TPSA) is 73.2 Å². The first-order chi connectivity index (χ1) is 12.2. The van der Waals surface area contributed by atoms with Gasteiger partial charge in [0.1, 0.15) is 0 Å². The van der Waals surface area contributed by atoms with Crippen molar-refractivity contribution < 1.29 is 9.59 Å². The third-order valence-electron chi connectivity index (χ3n) is 4.30. The molecule has 0 atom stereocenters. The molecule has 0 radical (unpaired) electrons. The SMILES string of the molecule is N#Cc1ccc(CNC(=O)c2ccc(CN3CCCC3=O)cc2)cc1. The highest BCUT2D eigenvalue weighted by Gasteiger charge is 2.19. The van der Waals surface area contributed by atoms with E-state index in [-0.39, 0.29) is 11.8 Å². The van der Waals surface area contributed by atoms with Crippen LogP contribution in [0.3, 0.4) is 0 Å². The summed E-state index contributed by atoms with van der Waals surface area (Å²) in [6.07, 6.45) is 1.56. The number of carbonyl (C=O) groups is 2. The zero-order chi connectivity index (χ0) is 17.6. The molecule has 1 aliphatic rings. The van der Waals surface area contributed by atoms with Crippen LogP contribution in [0.2, 0.25) is 0 Å². The molecule has 0 unspecified atom stereocenters. The van der Waals surface area contributed by atoms with Gasteiger partial charge >= 0.3 is 0 Å². The lowest BCUT2D eigenvalue weighted by Crippen LogP contribution is -2.24. The van der Waals surface area contributed by atoms with Crippen molar-refractivity contribution >= 4 is 11.8 Å². The van der Waals surface area contributed by atoms with Gasteiger partial charge < -0.3 is 10.2 Å². The van der Waals surface area contributed by atoms with Crippen LogP contribution in [-0.2, 0) is 17.9 Å². The van der Waals surface area contributed by atoms with Crippen LogP contribution in [0.15, 0.2) is 48.5 Å². The summed E-state index contributed by atoms with van der Waals surface area (Å²) in [6, 6.07) is 16.5. The maximum Gasteiger partial charge on any atom is 0.251 e. The van der Waals surface area contributed by atoms with Crippen LogP contribution in [0.4, 0.5) is 0 Å². The Kier molecular flexibility index (Phi) is 5.10. The summed E-state index contributed by atoms with van der Waals surface area (Å²) in [4.78, 5) is 25.7. The molecule has 1 saturated heterocycles. The van der Waals surface area contributed by atoms with Crippen molar-refractivity contribution in [1.29, 1.82) is 5.26 Å². The summed E-state index contributed by atoms with van der Waals surface area (Å²) < 4.78 is 0. The number of amides is 2. The number of nitrogens with zero attached hydrogens (tertiary/aromatic N) is 2. The second-order valence-electron chi connectivity index (χ2n) is 6.11. The minimum Gasteiger partial charge on any atom is -0.348 e. The second-order valence-corrected chi connectivity index (χ2v) is 6.11. The molecular weight excluding hydrogens is 314 g/mol. The third kappa shape index (κ3) is 4.24. The van der Waals surface area contributed by atoms with Gasteiger partial charge in [-0.25, -0.2) is 0 Å². The average molecular weight is 333 g/mol. The molecule has 5 nitrogen and oxygen atoms in total. The first kappa shape index (κ1) is 16.7. The highest BCUT2D eigenvalue weighted by Crippen LogP contribution is 2.15. The average Bonchev–Trinajstić information content (AvgIpc) is 3.05. The van der Waals surface area contributed by atoms with Crippen molar-refractivity contribution in [2.75, 3.05) is 6.54 Å². The molecule has 126 valence electrons. The standard InChI is InChI=1S/C20H19N3O2/c21-12-15-3-5-16(6-4-15)13-22-20(25)18-9-7-17(8-10-18)14-23-11-1-2-19(23)24/h3-10H,1-2,11,13-14H2,(H,22,25). The van der Waals surface area contributed by atoms with Gasteiger partial charge in [-0.05, 0) is 41.8 Å². The maximum absolute atomic E-state index is 12.2. The van der Waals surface area contributed by atoms with Crippen molar-refractivity contribution in [3.8, 4) is 6.07 Å². The Morgan fingerprint density at radius 2 is 1.76 bits per heavy atom. The lowest BCUT2D eigenvalue weighted by Gasteiger charge is -2.15. The summed E-state index contributed by atoms with van der Waals surface area (Å²) in [7, 11) is 0. The van der Waals surface area contributed by atoms with E-state index in [4.69, 9.17) is 5.26 Å². The van der Waals surface area contributed by atoms with Gasteiger partial charge in [0.2, 0.25) is 5.91 Å². The molecule has 2 amide bonds. The number of benzene rings is 2. The molecule has 0 saturated carbocycles. The largest absolute Gasteiger partial charge is 0.348 e. The monoisotopic (exact) mass is 333 g/mol. The molecule has 1 aliphatic heterocycles. The van der Waals surface area contributed by atoms with Crippen LogP contribution >= 0.6 is 0 Å². The predicted octanol–water partition coefficient (Wildman–Crippen LogP) is 2.61. The minimum atomic E-state index is -0.145. The van der Waals surface area contributed by atoms with E-state index >= 15 is 0 Å². The summed E-state index contributed by atoms with van der Waals surface area (Å²) in [5.41, 5.74) is 3.16. The highest BCUT2D eigenvalue weighted by molar-refractivity contribution is 5.94. The number of nitriles is 1. The molecule has 3 rings (SSSR count). The molecule has 2 aromatic carbocycles. The van der Waals surface area contributed by atoms with Crippen LogP contribution in [0.5, 0.6) is 0 Å². The van der Waals surface area contributed by atoms with Crippen LogP contribution in [-0.4, -0.2) is 23.3 Å². The van der Waals surface area contributed by atoms with Gasteiger partial charge in [-0.3, -0.25) is 9.59 Å². The predicted molar refractivity (Wildman–Crippen MR) is 93.4 cm³/mol. The van der Waals surface area contributed by atoms with Gasteiger partial charge in [0, 0.05) is 31.6 Å². The van der Waals surface area contributed by atoms with Crippen LogP contribution in [0.1, 0.15) is 39.9 Å². The third-order valence-corrected chi connectivity index (χ3v) is 4.30. The van der Waals surface area contributed by atoms with Gasteiger partial charge in [0.25, 0.3) is 5.91 Å². The Bertz CT molecular complexity index is 804. The summed E-state index contributed by atoms with van der Waals surface area (Å²) in [5, 5.41) is 11.6. The molecule has 1 heterocycles. The fourth-order valence-electron chi connectivity index (χ4n) is 2.83. The summed E-state index contributed by atoms with van der Waals surface area (Å²) in [6.45, 7) is 1.83. The maximum atomic E-state index is 12.2. The van der Waals surface area contributed by atoms with E-state index in [2.05, 4.69) is 11.4 Å². The Hall–Kier alpha value is -3.13. The van der Waals surface area contributed by atoms with E-state index in [0.717, 1.165) is 24.1 Å². The van der Waals surface area contributed by atoms with E-state index in [9.17, 15) is 9.59 Å². The normalized spacial score (nSPS) is 13.6. The Morgan fingerprint density at radius 3 is 2.36 bits per heavy atom. The molecule has 25 heavy (non-hydrogen) atoms. The summed E-state index contributed by atoms with van der Waals surface area (Å²) >= 11 is 0.